The van der Waals surface area contributed by atoms with Crippen LogP contribution in [0.5, 0.6) is 0 Å². The van der Waals surface area contributed by atoms with E-state index in [0.29, 0.717) is 12.6 Å². The molecule has 0 amide bonds. The van der Waals surface area contributed by atoms with Crippen molar-refractivity contribution < 1.29 is 4.74 Å². The van der Waals surface area contributed by atoms with Crippen LogP contribution in [-0.2, 0) is 24.2 Å². The number of hydrogen-bond donors (Lipinski definition) is 2. The van der Waals surface area contributed by atoms with Crippen LogP contribution in [0.25, 0.3) is 0 Å². The quantitative estimate of drug-likeness (QED) is 0.512. The third-order valence-electron chi connectivity index (χ3n) is 5.05. The van der Waals surface area contributed by atoms with Crippen LogP contribution < -0.4 is 10.6 Å². The minimum Gasteiger partial charge on any atom is -0.379 e. The summed E-state index contributed by atoms with van der Waals surface area (Å²) in [5, 5.41) is 6.96. The van der Waals surface area contributed by atoms with E-state index in [2.05, 4.69) is 72.7 Å². The van der Waals surface area contributed by atoms with E-state index in [1.165, 1.54) is 20.9 Å². The number of nitrogens with one attached hydrogen (secondary N) is 2. The second-order valence-electron chi connectivity index (χ2n) is 7.61. The molecule has 1 fully saturated rings. The summed E-state index contributed by atoms with van der Waals surface area (Å²) in [7, 11) is 0. The highest BCUT2D eigenvalue weighted by atomic mass is 32.1. The Balaban J connectivity index is 1.61. The highest BCUT2D eigenvalue weighted by Gasteiger charge is 2.13. The lowest BCUT2D eigenvalue weighted by Gasteiger charge is -2.27. The van der Waals surface area contributed by atoms with Crippen LogP contribution in [0, 0.1) is 6.92 Å². The van der Waals surface area contributed by atoms with Crippen molar-refractivity contribution >= 4 is 17.3 Å². The van der Waals surface area contributed by atoms with Crippen molar-refractivity contribution in [1.29, 1.82) is 0 Å². The number of thiophene rings is 1. The lowest BCUT2D eigenvalue weighted by Crippen LogP contribution is -2.43. The summed E-state index contributed by atoms with van der Waals surface area (Å²) in [5.74, 6) is 0.884. The number of aryl methyl sites for hydroxylation is 1. The predicted molar refractivity (Wildman–Crippen MR) is 123 cm³/mol. The zero-order valence-corrected chi connectivity index (χ0v) is 18.7. The number of aliphatic imine (C=N–C) groups is 1. The first kappa shape index (κ1) is 21.8. The number of rotatable bonds is 8. The van der Waals surface area contributed by atoms with Crippen LogP contribution in [0.4, 0.5) is 0 Å². The molecule has 158 valence electrons. The number of guanidine groups is 1. The highest BCUT2D eigenvalue weighted by Crippen LogP contribution is 2.17. The van der Waals surface area contributed by atoms with Gasteiger partial charge in [-0.1, -0.05) is 24.3 Å². The van der Waals surface area contributed by atoms with Crippen molar-refractivity contribution in [3.8, 4) is 0 Å². The topological polar surface area (TPSA) is 48.9 Å². The van der Waals surface area contributed by atoms with E-state index in [1.807, 2.05) is 11.3 Å². The molecule has 1 aromatic carbocycles. The van der Waals surface area contributed by atoms with Gasteiger partial charge in [-0.05, 0) is 44.0 Å². The molecule has 2 aromatic rings. The van der Waals surface area contributed by atoms with Gasteiger partial charge in [0.2, 0.25) is 0 Å². The molecule has 1 aliphatic rings. The molecule has 2 N–H and O–H groups in total. The highest BCUT2D eigenvalue weighted by molar-refractivity contribution is 7.11. The molecule has 1 unspecified atom stereocenters. The van der Waals surface area contributed by atoms with Gasteiger partial charge in [0.1, 0.15) is 0 Å². The predicted octanol–water partition coefficient (Wildman–Crippen LogP) is 3.58. The van der Waals surface area contributed by atoms with Gasteiger partial charge in [-0.2, -0.15) is 0 Å². The molecule has 3 rings (SSSR count). The Morgan fingerprint density at radius 3 is 2.62 bits per heavy atom. The fourth-order valence-corrected chi connectivity index (χ4v) is 4.55. The van der Waals surface area contributed by atoms with Gasteiger partial charge in [-0.3, -0.25) is 4.90 Å². The van der Waals surface area contributed by atoms with Gasteiger partial charge in [0.25, 0.3) is 0 Å². The minimum absolute atomic E-state index is 0.328. The number of benzene rings is 1. The van der Waals surface area contributed by atoms with Crippen molar-refractivity contribution in [2.24, 2.45) is 4.99 Å². The summed E-state index contributed by atoms with van der Waals surface area (Å²) < 4.78 is 5.47. The van der Waals surface area contributed by atoms with E-state index in [4.69, 9.17) is 9.73 Å². The van der Waals surface area contributed by atoms with Crippen molar-refractivity contribution in [3.63, 3.8) is 0 Å². The molecule has 1 aliphatic heterocycles. The molecule has 2 heterocycles. The van der Waals surface area contributed by atoms with E-state index in [9.17, 15) is 0 Å². The van der Waals surface area contributed by atoms with Gasteiger partial charge in [-0.25, -0.2) is 4.99 Å². The van der Waals surface area contributed by atoms with E-state index < -0.39 is 0 Å². The van der Waals surface area contributed by atoms with Crippen molar-refractivity contribution in [2.75, 3.05) is 32.8 Å². The molecule has 1 saturated heterocycles. The molecule has 0 spiro atoms. The number of nitrogens with zero attached hydrogens (tertiary/aromatic N) is 2. The van der Waals surface area contributed by atoms with Gasteiger partial charge in [-0.15, -0.1) is 11.3 Å². The first-order valence-corrected chi connectivity index (χ1v) is 11.4. The van der Waals surface area contributed by atoms with E-state index >= 15 is 0 Å². The van der Waals surface area contributed by atoms with Gasteiger partial charge in [0.15, 0.2) is 5.96 Å². The Morgan fingerprint density at radius 2 is 1.93 bits per heavy atom. The zero-order chi connectivity index (χ0) is 20.5. The largest absolute Gasteiger partial charge is 0.379 e. The Morgan fingerprint density at radius 1 is 1.17 bits per heavy atom. The number of hydrogen-bond acceptors (Lipinski definition) is 4. The van der Waals surface area contributed by atoms with E-state index in [0.717, 1.165) is 51.8 Å². The van der Waals surface area contributed by atoms with Crippen molar-refractivity contribution in [3.05, 3.63) is 57.3 Å². The van der Waals surface area contributed by atoms with Gasteiger partial charge in [0.05, 0.1) is 19.8 Å². The summed E-state index contributed by atoms with van der Waals surface area (Å²) in [6.45, 7) is 12.6. The fraction of sp³-hybridized carbons (Fsp3) is 0.522. The zero-order valence-electron chi connectivity index (χ0n) is 17.9. The van der Waals surface area contributed by atoms with Crippen LogP contribution in [0.3, 0.4) is 0 Å². The summed E-state index contributed by atoms with van der Waals surface area (Å²) in [4.78, 5) is 10.1. The molecule has 0 saturated carbocycles. The van der Waals surface area contributed by atoms with Crippen molar-refractivity contribution in [2.45, 2.75) is 46.3 Å². The molecule has 1 atom stereocenters. The minimum atomic E-state index is 0.328. The van der Waals surface area contributed by atoms with Gasteiger partial charge < -0.3 is 15.4 Å². The summed E-state index contributed by atoms with van der Waals surface area (Å²) in [6, 6.07) is 13.4. The summed E-state index contributed by atoms with van der Waals surface area (Å²) >= 11 is 1.87. The third-order valence-corrected chi connectivity index (χ3v) is 6.08. The van der Waals surface area contributed by atoms with Crippen LogP contribution in [-0.4, -0.2) is 49.7 Å². The molecule has 6 heteroatoms. The molecular formula is C23H34N4OS. The van der Waals surface area contributed by atoms with Crippen molar-refractivity contribution in [1.82, 2.24) is 15.5 Å². The van der Waals surface area contributed by atoms with E-state index in [-0.39, 0.29) is 0 Å². The lowest BCUT2D eigenvalue weighted by molar-refractivity contribution is 0.0341. The summed E-state index contributed by atoms with van der Waals surface area (Å²) in [6.07, 6.45) is 1.01. The Labute approximate surface area is 179 Å². The second kappa shape index (κ2) is 11.3. The fourth-order valence-electron chi connectivity index (χ4n) is 3.53. The Kier molecular flexibility index (Phi) is 8.52. The molecular weight excluding hydrogens is 380 g/mol. The SMILES string of the molecule is CCNC(=NCc1ccccc1CN1CCOCC1)NC(C)Cc1ccc(C)s1. The van der Waals surface area contributed by atoms with Crippen LogP contribution in [0.2, 0.25) is 0 Å². The normalized spacial score (nSPS) is 16.6. The molecule has 1 aromatic heterocycles. The first-order valence-electron chi connectivity index (χ1n) is 10.6. The van der Waals surface area contributed by atoms with Crippen LogP contribution >= 0.6 is 11.3 Å². The smallest absolute Gasteiger partial charge is 0.191 e. The van der Waals surface area contributed by atoms with Crippen LogP contribution in [0.15, 0.2) is 41.4 Å². The standard InChI is InChI=1S/C23H34N4OS/c1-4-24-23(26-18(2)15-22-10-9-19(3)29-22)25-16-20-7-5-6-8-21(20)17-27-11-13-28-14-12-27/h5-10,18H,4,11-17H2,1-3H3,(H2,24,25,26). The molecule has 29 heavy (non-hydrogen) atoms. The monoisotopic (exact) mass is 414 g/mol. The average molecular weight is 415 g/mol. The molecule has 0 bridgehead atoms. The molecule has 0 radical (unpaired) electrons. The van der Waals surface area contributed by atoms with E-state index in [1.54, 1.807) is 0 Å². The average Bonchev–Trinajstić information content (AvgIpc) is 3.12. The second-order valence-corrected chi connectivity index (χ2v) is 8.99. The Hall–Kier alpha value is -1.89. The lowest BCUT2D eigenvalue weighted by atomic mass is 10.1. The molecule has 0 aliphatic carbocycles. The maximum absolute atomic E-state index is 5.47. The summed E-state index contributed by atoms with van der Waals surface area (Å²) in [5.41, 5.74) is 2.65. The maximum atomic E-state index is 5.47. The number of ether oxygens (including phenoxy) is 1. The van der Waals surface area contributed by atoms with Crippen LogP contribution in [0.1, 0.15) is 34.7 Å². The number of morpholine rings is 1. The van der Waals surface area contributed by atoms with Gasteiger partial charge in [0, 0.05) is 48.4 Å². The van der Waals surface area contributed by atoms with Gasteiger partial charge >= 0.3 is 0 Å². The molecule has 5 nitrogen and oxygen atoms in total. The first-order chi connectivity index (χ1) is 14.1. The maximum Gasteiger partial charge on any atom is 0.191 e. The third kappa shape index (κ3) is 7.14. The Bertz CT molecular complexity index is 783.